The molecule has 16 nitrogen and oxygen atoms in total. The van der Waals surface area contributed by atoms with Gasteiger partial charge < -0.3 is 34.5 Å². The van der Waals surface area contributed by atoms with Crippen molar-refractivity contribution in [2.24, 2.45) is 5.92 Å². The highest BCUT2D eigenvalue weighted by atomic mass is 35.5. The number of hydrogen-bond acceptors (Lipinski definition) is 13. The van der Waals surface area contributed by atoms with Crippen LogP contribution in [0.25, 0.3) is 0 Å². The van der Waals surface area contributed by atoms with Crippen LogP contribution in [0, 0.1) is 5.92 Å². The minimum absolute atomic E-state index is 0. The molecule has 1 saturated carbocycles. The van der Waals surface area contributed by atoms with Crippen LogP contribution in [0.15, 0.2) is 130 Å². The summed E-state index contributed by atoms with van der Waals surface area (Å²) in [6.45, 7) is 1.71. The fourth-order valence-electron chi connectivity index (χ4n) is 8.95. The molecule has 2 saturated heterocycles. The Morgan fingerprint density at radius 3 is 1.62 bits per heavy atom. The van der Waals surface area contributed by atoms with E-state index in [1.54, 1.807) is 4.31 Å². The summed E-state index contributed by atoms with van der Waals surface area (Å²) in [6.07, 6.45) is 9.74. The van der Waals surface area contributed by atoms with E-state index in [0.717, 1.165) is 86.6 Å². The number of carbonyl (C=O) groups is 2. The maximum atomic E-state index is 13.5. The van der Waals surface area contributed by atoms with Gasteiger partial charge in [-0.15, -0.1) is 12.4 Å². The summed E-state index contributed by atoms with van der Waals surface area (Å²) >= 11 is 0. The molecule has 2 aliphatic heterocycles. The third-order valence-electron chi connectivity index (χ3n) is 12.5. The van der Waals surface area contributed by atoms with E-state index in [9.17, 15) is 18.0 Å². The fourth-order valence-corrected chi connectivity index (χ4v) is 11.1. The number of piperidine rings is 2. The Morgan fingerprint density at radius 1 is 0.623 bits per heavy atom. The number of hydrogen-bond donors (Lipinski definition) is 3. The Hall–Kier alpha value is -6.14. The Kier molecular flexibility index (Phi) is 18.7. The van der Waals surface area contributed by atoms with E-state index in [2.05, 4.69) is 36.2 Å². The minimum atomic E-state index is -3.47. The second kappa shape index (κ2) is 25.5. The summed E-state index contributed by atoms with van der Waals surface area (Å²) in [5.41, 5.74) is 3.38. The van der Waals surface area contributed by atoms with Gasteiger partial charge in [0.2, 0.25) is 10.0 Å². The molecule has 4 aromatic carbocycles. The van der Waals surface area contributed by atoms with E-state index in [4.69, 9.17) is 18.5 Å². The summed E-state index contributed by atoms with van der Waals surface area (Å²) in [6, 6.07) is 36.1. The lowest BCUT2D eigenvalue weighted by Gasteiger charge is -2.34. The van der Waals surface area contributed by atoms with Gasteiger partial charge in [-0.25, -0.2) is 18.0 Å². The monoisotopic (exact) mass is 980 g/mol. The van der Waals surface area contributed by atoms with E-state index in [0.29, 0.717) is 30.5 Å². The first-order chi connectivity index (χ1) is 33.3. The molecule has 6 aromatic rings. The predicted molar refractivity (Wildman–Crippen MR) is 260 cm³/mol. The Morgan fingerprint density at radius 2 is 1.10 bits per heavy atom. The van der Waals surface area contributed by atoms with Crippen LogP contribution >= 0.6 is 12.4 Å². The topological polar surface area (TPSA) is 204 Å². The van der Waals surface area contributed by atoms with E-state index in [1.165, 1.54) is 6.42 Å². The van der Waals surface area contributed by atoms with Crippen LogP contribution in [0.3, 0.4) is 0 Å². The van der Waals surface area contributed by atoms with Crippen molar-refractivity contribution in [3.05, 3.63) is 167 Å². The predicted octanol–water partition coefficient (Wildman–Crippen LogP) is 9.84. The smallest absolute Gasteiger partial charge is 0.408 e. The van der Waals surface area contributed by atoms with E-state index >= 15 is 0 Å². The van der Waals surface area contributed by atoms with Gasteiger partial charge in [0.1, 0.15) is 25.3 Å². The fraction of sp³-hybridized carbons (Fsp3) is 0.412. The number of nitrogens with zero attached hydrogens (tertiary/aromatic N) is 5. The second-order valence-corrected chi connectivity index (χ2v) is 19.5. The molecule has 9 rings (SSSR count). The zero-order chi connectivity index (χ0) is 47.0. The van der Waals surface area contributed by atoms with Crippen molar-refractivity contribution >= 4 is 34.6 Å². The van der Waals surface area contributed by atoms with Gasteiger partial charge in [-0.3, -0.25) is 0 Å². The van der Waals surface area contributed by atoms with Crippen molar-refractivity contribution < 1.29 is 36.5 Å². The number of nitrogens with one attached hydrogen (secondary N) is 3. The van der Waals surface area contributed by atoms with Crippen molar-refractivity contribution in [3.63, 3.8) is 0 Å². The molecule has 69 heavy (non-hydrogen) atoms. The van der Waals surface area contributed by atoms with Crippen molar-refractivity contribution in [3.8, 4) is 0 Å². The summed E-state index contributed by atoms with van der Waals surface area (Å²) in [5.74, 6) is 1.87. The van der Waals surface area contributed by atoms with Crippen LogP contribution < -0.4 is 16.0 Å². The van der Waals surface area contributed by atoms with Crippen LogP contribution in [0.4, 0.5) is 9.59 Å². The van der Waals surface area contributed by atoms with E-state index < -0.39 is 40.3 Å². The second-order valence-electron chi connectivity index (χ2n) is 17.5. The number of benzene rings is 4. The zero-order valence-electron chi connectivity index (χ0n) is 38.6. The molecule has 0 radical (unpaired) electrons. The molecular formula is C51H61ClN8O8S. The summed E-state index contributed by atoms with van der Waals surface area (Å²) in [4.78, 5) is 34.4. The number of carbonyl (C=O) groups excluding carboxylic acids is 2. The number of aromatic nitrogens is 4. The molecule has 3 N–H and O–H groups in total. The maximum Gasteiger partial charge on any atom is 0.408 e. The summed E-state index contributed by atoms with van der Waals surface area (Å²) in [5, 5.41) is 17.5. The molecule has 4 heterocycles. The lowest BCUT2D eigenvalue weighted by atomic mass is 9.91. The van der Waals surface area contributed by atoms with Crippen molar-refractivity contribution in [2.45, 2.75) is 108 Å². The van der Waals surface area contributed by atoms with E-state index in [-0.39, 0.29) is 49.2 Å². The highest BCUT2D eigenvalue weighted by molar-refractivity contribution is 7.89. The van der Waals surface area contributed by atoms with Crippen molar-refractivity contribution in [1.29, 1.82) is 0 Å². The lowest BCUT2D eigenvalue weighted by Crippen LogP contribution is -2.41. The quantitative estimate of drug-likeness (QED) is 0.0878. The molecule has 0 bridgehead atoms. The SMILES string of the molecule is Cl.O=C(N[C@H](c1ccccc1)c1nc([C@@H]2CCCCN2)no1)OCc1ccccc1.O=C(N[C@H](c1ccccc1)c1nc([C@@H]2CCCCN2S(=O)(=O)CC2CCCCC2)no1)OCc1ccccc1. The molecule has 366 valence electrons. The lowest BCUT2D eigenvalue weighted by molar-refractivity contribution is 0.134. The minimum Gasteiger partial charge on any atom is -0.445 e. The normalized spacial score (nSPS) is 18.6. The Bertz CT molecular complexity index is 2580. The van der Waals surface area contributed by atoms with Crippen LogP contribution in [0.1, 0.15) is 140 Å². The van der Waals surface area contributed by atoms with Gasteiger partial charge >= 0.3 is 12.2 Å². The molecule has 2 aromatic heterocycles. The number of halogens is 1. The van der Waals surface area contributed by atoms with E-state index in [1.807, 2.05) is 121 Å². The highest BCUT2D eigenvalue weighted by Gasteiger charge is 2.38. The first-order valence-electron chi connectivity index (χ1n) is 23.7. The highest BCUT2D eigenvalue weighted by Crippen LogP contribution is 2.35. The van der Waals surface area contributed by atoms with Crippen LogP contribution in [-0.4, -0.2) is 64.0 Å². The third kappa shape index (κ3) is 14.4. The van der Waals surface area contributed by atoms with Crippen LogP contribution in [0.5, 0.6) is 0 Å². The molecule has 18 heteroatoms. The first-order valence-corrected chi connectivity index (χ1v) is 25.3. The van der Waals surface area contributed by atoms with Crippen molar-refractivity contribution in [2.75, 3.05) is 18.8 Å². The number of ether oxygens (including phenoxy) is 2. The average molecular weight is 982 g/mol. The average Bonchev–Trinajstić information content (AvgIpc) is 4.10. The molecule has 3 fully saturated rings. The standard InChI is InChI=1S/C29H36N4O5S.C22H24N4O3.ClH/c34-29(37-20-22-12-4-1-5-13-22)30-26(24-16-8-3-9-17-24)28-31-27(32-38-28)25-18-10-11-19-33(25)39(35,36)21-23-14-6-2-7-15-23;27-22(28-15-16-9-3-1-4-10-16)24-19(17-11-5-2-6-12-17)21-25-20(26-29-21)18-13-7-8-14-23-18;/h1,3-5,8-9,12-13,16-17,23,25-26H,2,6-7,10-11,14-15,18-21H2,(H,30,34);1-6,9-12,18-19,23H,7-8,13-15H2,(H,24,27);1H/t25-,26+;18-,19+;/m00./s1. The molecule has 1 aliphatic carbocycles. The van der Waals surface area contributed by atoms with Gasteiger partial charge in [-0.1, -0.05) is 164 Å². The number of rotatable bonds is 15. The Balaban J connectivity index is 0.000000209. The summed E-state index contributed by atoms with van der Waals surface area (Å²) < 4.78 is 50.6. The molecular weight excluding hydrogens is 920 g/mol. The number of amides is 2. The van der Waals surface area contributed by atoms with Crippen LogP contribution in [0.2, 0.25) is 0 Å². The molecule has 3 aliphatic rings. The Labute approximate surface area is 409 Å². The molecule has 0 spiro atoms. The van der Waals surface area contributed by atoms with Gasteiger partial charge in [0, 0.05) is 6.54 Å². The number of alkyl carbamates (subject to hydrolysis) is 2. The first kappa shape index (κ1) is 50.7. The molecule has 0 unspecified atom stereocenters. The summed E-state index contributed by atoms with van der Waals surface area (Å²) in [7, 11) is -3.47. The van der Waals surface area contributed by atoms with Gasteiger partial charge in [0.05, 0.1) is 17.8 Å². The largest absolute Gasteiger partial charge is 0.445 e. The van der Waals surface area contributed by atoms with Gasteiger partial charge in [-0.2, -0.15) is 14.3 Å². The van der Waals surface area contributed by atoms with Gasteiger partial charge in [0.25, 0.3) is 11.8 Å². The zero-order valence-corrected chi connectivity index (χ0v) is 40.2. The van der Waals surface area contributed by atoms with Gasteiger partial charge in [0.15, 0.2) is 11.6 Å². The maximum absolute atomic E-state index is 13.5. The van der Waals surface area contributed by atoms with Crippen molar-refractivity contribution in [1.82, 2.24) is 40.5 Å². The van der Waals surface area contributed by atoms with Crippen LogP contribution in [-0.2, 0) is 32.7 Å². The third-order valence-corrected chi connectivity index (χ3v) is 14.6. The number of sulfonamides is 1. The van der Waals surface area contributed by atoms with Gasteiger partial charge in [-0.05, 0) is 73.2 Å². The molecule has 4 atom stereocenters. The molecule has 2 amide bonds.